The van der Waals surface area contributed by atoms with Crippen molar-refractivity contribution in [3.63, 3.8) is 0 Å². The molecule has 0 N–H and O–H groups in total. The summed E-state index contributed by atoms with van der Waals surface area (Å²) >= 11 is 0. The lowest BCUT2D eigenvalue weighted by molar-refractivity contribution is -0.137. The van der Waals surface area contributed by atoms with Gasteiger partial charge in [-0.15, -0.1) is 0 Å². The monoisotopic (exact) mass is 364 g/mol. The number of anilines is 1. The van der Waals surface area contributed by atoms with Gasteiger partial charge < -0.3 is 24.0 Å². The normalized spacial score (nSPS) is 21.0. The first-order chi connectivity index (χ1) is 12.8. The van der Waals surface area contributed by atoms with Crippen LogP contribution in [0.1, 0.15) is 24.5 Å². The Morgan fingerprint density at radius 1 is 1.27 bits per heavy atom. The predicted octanol–water partition coefficient (Wildman–Crippen LogP) is 0.682. The molecule has 144 valence electrons. The highest BCUT2D eigenvalue weighted by atomic mass is 16.5. The quantitative estimate of drug-likeness (QED) is 0.659. The predicted molar refractivity (Wildman–Crippen MR) is 96.3 cm³/mol. The highest BCUT2D eigenvalue weighted by molar-refractivity contribution is 5.77. The SMILES string of the molecule is COCCOCC(=O)N1CCC[C@@H](c2cc(N3CCOCC3)ncn2)C1. The van der Waals surface area contributed by atoms with Gasteiger partial charge in [0.05, 0.1) is 32.1 Å². The molecule has 1 aromatic rings. The fraction of sp³-hybridized carbons (Fsp3) is 0.722. The second-order valence-electron chi connectivity index (χ2n) is 6.62. The van der Waals surface area contributed by atoms with Crippen LogP contribution in [0.15, 0.2) is 12.4 Å². The molecule has 0 aliphatic carbocycles. The van der Waals surface area contributed by atoms with Gasteiger partial charge in [-0.05, 0) is 12.8 Å². The summed E-state index contributed by atoms with van der Waals surface area (Å²) in [5.41, 5.74) is 1.01. The average Bonchev–Trinajstić information content (AvgIpc) is 2.72. The van der Waals surface area contributed by atoms with Gasteiger partial charge in [0.2, 0.25) is 5.91 Å². The van der Waals surface area contributed by atoms with E-state index in [1.54, 1.807) is 13.4 Å². The number of rotatable bonds is 7. The molecule has 0 saturated carbocycles. The Hall–Kier alpha value is -1.77. The number of methoxy groups -OCH3 is 1. The number of carbonyl (C=O) groups is 1. The first kappa shape index (κ1) is 19.0. The molecule has 8 heteroatoms. The van der Waals surface area contributed by atoms with E-state index >= 15 is 0 Å². The van der Waals surface area contributed by atoms with E-state index in [0.717, 1.165) is 57.2 Å². The first-order valence-corrected chi connectivity index (χ1v) is 9.27. The number of piperidine rings is 1. The Balaban J connectivity index is 1.57. The minimum atomic E-state index is 0.0354. The number of hydrogen-bond acceptors (Lipinski definition) is 7. The highest BCUT2D eigenvalue weighted by Crippen LogP contribution is 2.27. The summed E-state index contributed by atoms with van der Waals surface area (Å²) in [6.45, 7) is 5.68. The van der Waals surface area contributed by atoms with E-state index in [9.17, 15) is 4.79 Å². The molecule has 1 atom stereocenters. The zero-order chi connectivity index (χ0) is 18.2. The van der Waals surface area contributed by atoms with Gasteiger partial charge >= 0.3 is 0 Å². The Labute approximate surface area is 154 Å². The molecule has 3 rings (SSSR count). The topological polar surface area (TPSA) is 77.0 Å². The van der Waals surface area contributed by atoms with E-state index in [4.69, 9.17) is 14.2 Å². The molecular formula is C18H28N4O4. The number of likely N-dealkylation sites (tertiary alicyclic amines) is 1. The van der Waals surface area contributed by atoms with E-state index in [1.807, 2.05) is 4.90 Å². The molecule has 0 spiro atoms. The second-order valence-corrected chi connectivity index (χ2v) is 6.62. The Morgan fingerprint density at radius 3 is 2.92 bits per heavy atom. The van der Waals surface area contributed by atoms with Crippen molar-refractivity contribution in [2.75, 3.05) is 71.2 Å². The molecular weight excluding hydrogens is 336 g/mol. The highest BCUT2D eigenvalue weighted by Gasteiger charge is 2.26. The van der Waals surface area contributed by atoms with Crippen LogP contribution in [-0.4, -0.2) is 87.1 Å². The summed E-state index contributed by atoms with van der Waals surface area (Å²) in [7, 11) is 1.62. The number of hydrogen-bond donors (Lipinski definition) is 0. The van der Waals surface area contributed by atoms with E-state index in [2.05, 4.69) is 20.9 Å². The Kier molecular flexibility index (Phi) is 7.16. The van der Waals surface area contributed by atoms with E-state index in [1.165, 1.54) is 0 Å². The summed E-state index contributed by atoms with van der Waals surface area (Å²) in [6.07, 6.45) is 3.65. The average molecular weight is 364 g/mol. The third kappa shape index (κ3) is 5.12. The number of aromatic nitrogens is 2. The van der Waals surface area contributed by atoms with Crippen LogP contribution in [0.5, 0.6) is 0 Å². The lowest BCUT2D eigenvalue weighted by Gasteiger charge is -2.33. The van der Waals surface area contributed by atoms with Crippen LogP contribution in [0.3, 0.4) is 0 Å². The summed E-state index contributed by atoms with van der Waals surface area (Å²) in [4.78, 5) is 25.4. The van der Waals surface area contributed by atoms with Crippen LogP contribution in [0, 0.1) is 0 Å². The van der Waals surface area contributed by atoms with E-state index < -0.39 is 0 Å². The van der Waals surface area contributed by atoms with Crippen molar-refractivity contribution in [2.45, 2.75) is 18.8 Å². The van der Waals surface area contributed by atoms with Gasteiger partial charge in [-0.3, -0.25) is 4.79 Å². The van der Waals surface area contributed by atoms with Crippen molar-refractivity contribution in [3.05, 3.63) is 18.1 Å². The van der Waals surface area contributed by atoms with E-state index in [-0.39, 0.29) is 18.4 Å². The number of amides is 1. The molecule has 26 heavy (non-hydrogen) atoms. The summed E-state index contributed by atoms with van der Waals surface area (Å²) in [5, 5.41) is 0. The van der Waals surface area contributed by atoms with Gasteiger partial charge in [0.1, 0.15) is 18.8 Å². The first-order valence-electron chi connectivity index (χ1n) is 9.27. The molecule has 2 saturated heterocycles. The molecule has 2 fully saturated rings. The van der Waals surface area contributed by atoms with Crippen LogP contribution in [0.4, 0.5) is 5.82 Å². The van der Waals surface area contributed by atoms with Crippen LogP contribution in [-0.2, 0) is 19.0 Å². The Morgan fingerprint density at radius 2 is 2.12 bits per heavy atom. The summed E-state index contributed by atoms with van der Waals surface area (Å²) in [5.74, 6) is 1.23. The van der Waals surface area contributed by atoms with Crippen molar-refractivity contribution in [1.82, 2.24) is 14.9 Å². The lowest BCUT2D eigenvalue weighted by Crippen LogP contribution is -2.41. The molecule has 2 aliphatic heterocycles. The van der Waals surface area contributed by atoms with Crippen molar-refractivity contribution >= 4 is 11.7 Å². The molecule has 0 bridgehead atoms. The zero-order valence-electron chi connectivity index (χ0n) is 15.4. The number of morpholine rings is 1. The molecule has 8 nitrogen and oxygen atoms in total. The molecule has 1 aromatic heterocycles. The van der Waals surface area contributed by atoms with Gasteiger partial charge in [-0.1, -0.05) is 0 Å². The smallest absolute Gasteiger partial charge is 0.248 e. The maximum absolute atomic E-state index is 12.4. The molecule has 3 heterocycles. The zero-order valence-corrected chi connectivity index (χ0v) is 15.4. The molecule has 1 amide bonds. The van der Waals surface area contributed by atoms with Gasteiger partial charge in [0.15, 0.2) is 0 Å². The van der Waals surface area contributed by atoms with Gasteiger partial charge in [-0.25, -0.2) is 9.97 Å². The van der Waals surface area contributed by atoms with Crippen LogP contribution in [0.2, 0.25) is 0 Å². The lowest BCUT2D eigenvalue weighted by atomic mass is 9.94. The summed E-state index contributed by atoms with van der Waals surface area (Å²) < 4.78 is 15.7. The fourth-order valence-corrected chi connectivity index (χ4v) is 3.39. The van der Waals surface area contributed by atoms with Crippen LogP contribution >= 0.6 is 0 Å². The van der Waals surface area contributed by atoms with Crippen molar-refractivity contribution in [2.24, 2.45) is 0 Å². The van der Waals surface area contributed by atoms with Gasteiger partial charge in [0.25, 0.3) is 0 Å². The largest absolute Gasteiger partial charge is 0.382 e. The minimum Gasteiger partial charge on any atom is -0.382 e. The number of carbonyl (C=O) groups excluding carboxylic acids is 1. The third-order valence-corrected chi connectivity index (χ3v) is 4.86. The maximum atomic E-state index is 12.4. The molecule has 2 aliphatic rings. The van der Waals surface area contributed by atoms with Gasteiger partial charge in [-0.2, -0.15) is 0 Å². The van der Waals surface area contributed by atoms with Crippen molar-refractivity contribution in [1.29, 1.82) is 0 Å². The third-order valence-electron chi connectivity index (χ3n) is 4.86. The molecule has 0 aromatic carbocycles. The van der Waals surface area contributed by atoms with Crippen LogP contribution in [0.25, 0.3) is 0 Å². The van der Waals surface area contributed by atoms with Gasteiger partial charge in [0, 0.05) is 45.3 Å². The molecule has 0 unspecified atom stereocenters. The van der Waals surface area contributed by atoms with E-state index in [0.29, 0.717) is 19.8 Å². The number of nitrogens with zero attached hydrogens (tertiary/aromatic N) is 4. The minimum absolute atomic E-state index is 0.0354. The maximum Gasteiger partial charge on any atom is 0.248 e. The number of ether oxygens (including phenoxy) is 3. The standard InChI is InChI=1S/C18H28N4O4/c1-24-9-10-26-13-18(23)22-4-2-3-15(12-22)16-11-17(20-14-19-16)21-5-7-25-8-6-21/h11,14-15H,2-10,12-13H2,1H3/t15-/m1/s1. The summed E-state index contributed by atoms with van der Waals surface area (Å²) in [6, 6.07) is 2.07. The van der Waals surface area contributed by atoms with Crippen LogP contribution < -0.4 is 4.90 Å². The van der Waals surface area contributed by atoms with Crippen molar-refractivity contribution in [3.8, 4) is 0 Å². The molecule has 0 radical (unpaired) electrons. The Bertz CT molecular complexity index is 580. The fourth-order valence-electron chi connectivity index (χ4n) is 3.39. The second kappa shape index (κ2) is 9.80. The van der Waals surface area contributed by atoms with Crippen molar-refractivity contribution < 1.29 is 19.0 Å².